The minimum atomic E-state index is -0.382. The number of aliphatic hydroxyl groups excluding tert-OH is 1. The molecule has 2 heterocycles. The molecule has 2 atom stereocenters. The molecule has 1 fully saturated rings. The molecule has 0 spiro atoms. The Hall–Kier alpha value is -0.940. The summed E-state index contributed by atoms with van der Waals surface area (Å²) in [5.41, 5.74) is 0. The van der Waals surface area contributed by atoms with E-state index in [2.05, 4.69) is 17.0 Å². The van der Waals surface area contributed by atoms with E-state index in [1.54, 1.807) is 6.33 Å². The van der Waals surface area contributed by atoms with Crippen molar-refractivity contribution in [3.63, 3.8) is 0 Å². The zero-order valence-corrected chi connectivity index (χ0v) is 11.1. The van der Waals surface area contributed by atoms with E-state index in [9.17, 15) is 5.11 Å². The van der Waals surface area contributed by atoms with E-state index in [1.165, 1.54) is 6.42 Å². The molecule has 2 rings (SSSR count). The minimum absolute atomic E-state index is 0.219. The normalized spacial score (nSPS) is 22.0. The maximum absolute atomic E-state index is 10.1. The Labute approximate surface area is 108 Å². The summed E-state index contributed by atoms with van der Waals surface area (Å²) in [6.07, 6.45) is 7.13. The SMILES string of the molecule is CCCn1ncnc1CC(O)CC1CCCCO1. The van der Waals surface area contributed by atoms with Crippen LogP contribution in [0.25, 0.3) is 0 Å². The van der Waals surface area contributed by atoms with Crippen molar-refractivity contribution in [2.45, 2.75) is 64.2 Å². The van der Waals surface area contributed by atoms with Crippen molar-refractivity contribution in [1.29, 1.82) is 0 Å². The van der Waals surface area contributed by atoms with Gasteiger partial charge in [-0.2, -0.15) is 5.10 Å². The monoisotopic (exact) mass is 253 g/mol. The highest BCUT2D eigenvalue weighted by molar-refractivity contribution is 4.88. The van der Waals surface area contributed by atoms with Gasteiger partial charge in [-0.1, -0.05) is 6.92 Å². The number of rotatable bonds is 6. The van der Waals surface area contributed by atoms with Gasteiger partial charge >= 0.3 is 0 Å². The van der Waals surface area contributed by atoms with Crippen molar-refractivity contribution in [1.82, 2.24) is 14.8 Å². The van der Waals surface area contributed by atoms with Crippen LogP contribution in [-0.2, 0) is 17.7 Å². The van der Waals surface area contributed by atoms with Crippen LogP contribution in [0.1, 0.15) is 44.9 Å². The third kappa shape index (κ3) is 3.78. The fourth-order valence-corrected chi connectivity index (χ4v) is 2.44. The van der Waals surface area contributed by atoms with Crippen LogP contribution in [0.2, 0.25) is 0 Å². The van der Waals surface area contributed by atoms with Crippen LogP contribution in [0, 0.1) is 0 Å². The molecule has 1 aromatic rings. The molecule has 1 aliphatic heterocycles. The third-order valence-electron chi connectivity index (χ3n) is 3.36. The fourth-order valence-electron chi connectivity index (χ4n) is 2.44. The van der Waals surface area contributed by atoms with Crippen molar-refractivity contribution in [3.05, 3.63) is 12.2 Å². The molecule has 1 saturated heterocycles. The van der Waals surface area contributed by atoms with Crippen molar-refractivity contribution in [2.75, 3.05) is 6.61 Å². The van der Waals surface area contributed by atoms with E-state index >= 15 is 0 Å². The van der Waals surface area contributed by atoms with Crippen LogP contribution in [-0.4, -0.2) is 38.7 Å². The highest BCUT2D eigenvalue weighted by Crippen LogP contribution is 2.18. The second-order valence-corrected chi connectivity index (χ2v) is 4.98. The van der Waals surface area contributed by atoms with Crippen LogP contribution in [0.15, 0.2) is 6.33 Å². The lowest BCUT2D eigenvalue weighted by Gasteiger charge is -2.24. The van der Waals surface area contributed by atoms with E-state index in [0.29, 0.717) is 12.8 Å². The molecule has 1 aromatic heterocycles. The van der Waals surface area contributed by atoms with E-state index in [1.807, 2.05) is 4.68 Å². The standard InChI is InChI=1S/C13H23N3O2/c1-2-6-16-13(14-10-15-16)9-11(17)8-12-5-3-4-7-18-12/h10-12,17H,2-9H2,1H3. The molecule has 0 aliphatic carbocycles. The molecule has 18 heavy (non-hydrogen) atoms. The number of aliphatic hydroxyl groups is 1. The van der Waals surface area contributed by atoms with Gasteiger partial charge in [-0.25, -0.2) is 4.98 Å². The number of aromatic nitrogens is 3. The molecule has 1 N–H and O–H groups in total. The Morgan fingerprint density at radius 1 is 1.56 bits per heavy atom. The molecule has 0 bridgehead atoms. The second kappa shape index (κ2) is 6.85. The van der Waals surface area contributed by atoms with Crippen molar-refractivity contribution < 1.29 is 9.84 Å². The summed E-state index contributed by atoms with van der Waals surface area (Å²) < 4.78 is 7.52. The minimum Gasteiger partial charge on any atom is -0.393 e. The maximum Gasteiger partial charge on any atom is 0.138 e. The van der Waals surface area contributed by atoms with Gasteiger partial charge in [0, 0.05) is 19.6 Å². The summed E-state index contributed by atoms with van der Waals surface area (Å²) in [7, 11) is 0. The van der Waals surface area contributed by atoms with Gasteiger partial charge in [0.25, 0.3) is 0 Å². The van der Waals surface area contributed by atoms with Gasteiger partial charge in [0.05, 0.1) is 12.2 Å². The van der Waals surface area contributed by atoms with E-state index in [0.717, 1.165) is 38.2 Å². The zero-order valence-electron chi connectivity index (χ0n) is 11.1. The average Bonchev–Trinajstić information content (AvgIpc) is 2.78. The molecule has 0 amide bonds. The highest BCUT2D eigenvalue weighted by Gasteiger charge is 2.19. The van der Waals surface area contributed by atoms with Gasteiger partial charge in [-0.05, 0) is 32.1 Å². The van der Waals surface area contributed by atoms with Crippen molar-refractivity contribution >= 4 is 0 Å². The quantitative estimate of drug-likeness (QED) is 0.835. The molecular formula is C13H23N3O2. The number of aryl methyl sites for hydroxylation is 1. The van der Waals surface area contributed by atoms with E-state index in [4.69, 9.17) is 4.74 Å². The summed E-state index contributed by atoms with van der Waals surface area (Å²) >= 11 is 0. The van der Waals surface area contributed by atoms with Crippen molar-refractivity contribution in [3.8, 4) is 0 Å². The summed E-state index contributed by atoms with van der Waals surface area (Å²) in [6.45, 7) is 3.81. The lowest BCUT2D eigenvalue weighted by molar-refractivity contribution is -0.0152. The second-order valence-electron chi connectivity index (χ2n) is 4.98. The summed E-state index contributed by atoms with van der Waals surface area (Å²) in [5, 5.41) is 14.3. The lowest BCUT2D eigenvalue weighted by Crippen LogP contribution is -2.26. The van der Waals surface area contributed by atoms with Crippen LogP contribution >= 0.6 is 0 Å². The van der Waals surface area contributed by atoms with Gasteiger partial charge in [0.1, 0.15) is 12.2 Å². The molecule has 0 saturated carbocycles. The molecular weight excluding hydrogens is 230 g/mol. The number of ether oxygens (including phenoxy) is 1. The predicted molar refractivity (Wildman–Crippen MR) is 68.2 cm³/mol. The van der Waals surface area contributed by atoms with Gasteiger partial charge in [0.2, 0.25) is 0 Å². The Morgan fingerprint density at radius 2 is 2.44 bits per heavy atom. The summed E-state index contributed by atoms with van der Waals surface area (Å²) in [4.78, 5) is 4.22. The number of nitrogens with zero attached hydrogens (tertiary/aromatic N) is 3. The first-order chi connectivity index (χ1) is 8.79. The first-order valence-corrected chi connectivity index (χ1v) is 6.96. The average molecular weight is 253 g/mol. The maximum atomic E-state index is 10.1. The Kier molecular flexibility index (Phi) is 5.13. The van der Waals surface area contributed by atoms with E-state index in [-0.39, 0.29) is 12.2 Å². The summed E-state index contributed by atoms with van der Waals surface area (Å²) in [6, 6.07) is 0. The Bertz CT molecular complexity index is 348. The largest absolute Gasteiger partial charge is 0.393 e. The van der Waals surface area contributed by atoms with Gasteiger partial charge < -0.3 is 9.84 Å². The first kappa shape index (κ1) is 13.5. The van der Waals surface area contributed by atoms with Gasteiger partial charge in [-0.3, -0.25) is 4.68 Å². The smallest absolute Gasteiger partial charge is 0.138 e. The van der Waals surface area contributed by atoms with Crippen molar-refractivity contribution in [2.24, 2.45) is 0 Å². The molecule has 1 aliphatic rings. The molecule has 5 nitrogen and oxygen atoms in total. The lowest BCUT2D eigenvalue weighted by atomic mass is 10.0. The topological polar surface area (TPSA) is 60.2 Å². The molecule has 102 valence electrons. The summed E-state index contributed by atoms with van der Waals surface area (Å²) in [5.74, 6) is 0.875. The molecule has 5 heteroatoms. The third-order valence-corrected chi connectivity index (χ3v) is 3.36. The van der Waals surface area contributed by atoms with Crippen LogP contribution < -0.4 is 0 Å². The van der Waals surface area contributed by atoms with Crippen LogP contribution in [0.3, 0.4) is 0 Å². The van der Waals surface area contributed by atoms with Crippen LogP contribution in [0.4, 0.5) is 0 Å². The predicted octanol–water partition coefficient (Wildman–Crippen LogP) is 1.55. The highest BCUT2D eigenvalue weighted by atomic mass is 16.5. The zero-order chi connectivity index (χ0) is 12.8. The fraction of sp³-hybridized carbons (Fsp3) is 0.846. The number of hydrogen-bond acceptors (Lipinski definition) is 4. The van der Waals surface area contributed by atoms with Gasteiger partial charge in [0.15, 0.2) is 0 Å². The number of hydrogen-bond donors (Lipinski definition) is 1. The van der Waals surface area contributed by atoms with Crippen LogP contribution in [0.5, 0.6) is 0 Å². The molecule has 0 radical (unpaired) electrons. The van der Waals surface area contributed by atoms with Gasteiger partial charge in [-0.15, -0.1) is 0 Å². The molecule has 2 unspecified atom stereocenters. The molecule has 0 aromatic carbocycles. The Balaban J connectivity index is 1.82. The first-order valence-electron chi connectivity index (χ1n) is 6.96. The Morgan fingerprint density at radius 3 is 3.17 bits per heavy atom. The van der Waals surface area contributed by atoms with E-state index < -0.39 is 0 Å².